The van der Waals surface area contributed by atoms with Crippen LogP contribution in [0.15, 0.2) is 60.7 Å². The summed E-state index contributed by atoms with van der Waals surface area (Å²) in [4.78, 5) is 38.3. The summed E-state index contributed by atoms with van der Waals surface area (Å²) in [6.45, 7) is 4.61. The Kier molecular flexibility index (Phi) is 9.65. The highest BCUT2D eigenvalue weighted by Gasteiger charge is 2.19. The lowest BCUT2D eigenvalue weighted by molar-refractivity contribution is -0.124. The zero-order chi connectivity index (χ0) is 29.7. The lowest BCUT2D eigenvalue weighted by Crippen LogP contribution is -2.27. The highest BCUT2D eigenvalue weighted by Crippen LogP contribution is 2.28. The molecule has 1 aromatic heterocycles. The third-order valence-electron chi connectivity index (χ3n) is 6.36. The van der Waals surface area contributed by atoms with E-state index in [9.17, 15) is 18.8 Å². The van der Waals surface area contributed by atoms with E-state index in [1.807, 2.05) is 0 Å². The molecule has 0 bridgehead atoms. The predicted molar refractivity (Wildman–Crippen MR) is 159 cm³/mol. The molecule has 3 N–H and O–H groups in total. The lowest BCUT2D eigenvalue weighted by Gasteiger charge is -2.12. The third-order valence-corrected chi connectivity index (χ3v) is 7.00. The molecule has 0 saturated heterocycles. The molecular formula is C30H29Cl2FN4O4. The van der Waals surface area contributed by atoms with E-state index in [1.54, 1.807) is 68.0 Å². The van der Waals surface area contributed by atoms with Crippen molar-refractivity contribution >= 4 is 63.2 Å². The molecule has 0 atom stereocenters. The van der Waals surface area contributed by atoms with Gasteiger partial charge in [0.05, 0.1) is 27.9 Å². The number of nitrogens with one attached hydrogen (secondary N) is 3. The van der Waals surface area contributed by atoms with E-state index in [0.29, 0.717) is 29.9 Å². The van der Waals surface area contributed by atoms with E-state index in [2.05, 4.69) is 16.0 Å². The van der Waals surface area contributed by atoms with Gasteiger partial charge in [-0.1, -0.05) is 43.1 Å². The number of benzene rings is 3. The van der Waals surface area contributed by atoms with Crippen LogP contribution in [0.1, 0.15) is 40.3 Å². The SMILES string of the molecule is COCCn1c(C(=O)Nc2ccc(F)cc2Cl)cc2cc(NC(=O)c3cc(CNC(=O)C(C)C)ccc3Cl)ccc21. The first kappa shape index (κ1) is 30.0. The molecule has 11 heteroatoms. The van der Waals surface area contributed by atoms with Crippen LogP contribution in [0.25, 0.3) is 10.9 Å². The summed E-state index contributed by atoms with van der Waals surface area (Å²) >= 11 is 12.4. The second-order valence-corrected chi connectivity index (χ2v) is 10.5. The maximum atomic E-state index is 13.5. The summed E-state index contributed by atoms with van der Waals surface area (Å²) < 4.78 is 20.5. The first-order valence-electron chi connectivity index (χ1n) is 12.8. The molecule has 0 unspecified atom stereocenters. The Morgan fingerprint density at radius 1 is 0.927 bits per heavy atom. The molecule has 4 rings (SSSR count). The number of carbonyl (C=O) groups is 3. The average molecular weight is 599 g/mol. The molecule has 3 amide bonds. The Morgan fingerprint density at radius 2 is 1.71 bits per heavy atom. The second kappa shape index (κ2) is 13.2. The lowest BCUT2D eigenvalue weighted by atomic mass is 10.1. The zero-order valence-electron chi connectivity index (χ0n) is 22.7. The molecule has 3 aromatic carbocycles. The molecular weight excluding hydrogens is 570 g/mol. The van der Waals surface area contributed by atoms with Crippen molar-refractivity contribution in [3.63, 3.8) is 0 Å². The van der Waals surface area contributed by atoms with E-state index in [-0.39, 0.29) is 39.7 Å². The molecule has 0 fully saturated rings. The van der Waals surface area contributed by atoms with Crippen LogP contribution >= 0.6 is 23.2 Å². The fraction of sp³-hybridized carbons (Fsp3) is 0.233. The summed E-state index contributed by atoms with van der Waals surface area (Å²) in [5, 5.41) is 9.45. The monoisotopic (exact) mass is 598 g/mol. The van der Waals surface area contributed by atoms with Crippen molar-refractivity contribution in [3.05, 3.63) is 93.3 Å². The van der Waals surface area contributed by atoms with Crippen LogP contribution in [0.2, 0.25) is 10.0 Å². The predicted octanol–water partition coefficient (Wildman–Crippen LogP) is 6.51. The number of carbonyl (C=O) groups excluding carboxylic acids is 3. The van der Waals surface area contributed by atoms with Crippen molar-refractivity contribution in [1.82, 2.24) is 9.88 Å². The Labute approximate surface area is 246 Å². The van der Waals surface area contributed by atoms with Crippen molar-refractivity contribution in [2.75, 3.05) is 24.4 Å². The van der Waals surface area contributed by atoms with E-state index >= 15 is 0 Å². The van der Waals surface area contributed by atoms with Gasteiger partial charge in [-0.2, -0.15) is 0 Å². The van der Waals surface area contributed by atoms with Gasteiger partial charge in [0, 0.05) is 42.7 Å². The summed E-state index contributed by atoms with van der Waals surface area (Å²) in [5.74, 6) is -1.62. The van der Waals surface area contributed by atoms with Crippen LogP contribution < -0.4 is 16.0 Å². The number of nitrogens with zero attached hydrogens (tertiary/aromatic N) is 1. The van der Waals surface area contributed by atoms with Gasteiger partial charge in [0.25, 0.3) is 11.8 Å². The molecule has 0 aliphatic rings. The van der Waals surface area contributed by atoms with Crippen LogP contribution in [0.4, 0.5) is 15.8 Å². The summed E-state index contributed by atoms with van der Waals surface area (Å²) in [6, 6.07) is 15.7. The Hall–Kier alpha value is -3.92. The van der Waals surface area contributed by atoms with Gasteiger partial charge >= 0.3 is 0 Å². The van der Waals surface area contributed by atoms with Crippen molar-refractivity contribution < 1.29 is 23.5 Å². The first-order chi connectivity index (χ1) is 19.6. The number of amides is 3. The van der Waals surface area contributed by atoms with Crippen LogP contribution in [0, 0.1) is 11.7 Å². The number of fused-ring (bicyclic) bond motifs is 1. The highest BCUT2D eigenvalue weighted by atomic mass is 35.5. The topological polar surface area (TPSA) is 101 Å². The highest BCUT2D eigenvalue weighted by molar-refractivity contribution is 6.34. The summed E-state index contributed by atoms with van der Waals surface area (Å²) in [6.07, 6.45) is 0. The van der Waals surface area contributed by atoms with Crippen molar-refractivity contribution in [1.29, 1.82) is 0 Å². The van der Waals surface area contributed by atoms with E-state index < -0.39 is 17.6 Å². The van der Waals surface area contributed by atoms with Gasteiger partial charge in [-0.3, -0.25) is 14.4 Å². The van der Waals surface area contributed by atoms with Crippen LogP contribution in [0.5, 0.6) is 0 Å². The van der Waals surface area contributed by atoms with Gasteiger partial charge in [-0.05, 0) is 60.2 Å². The van der Waals surface area contributed by atoms with Gasteiger partial charge in [0.2, 0.25) is 5.91 Å². The molecule has 0 aliphatic carbocycles. The quantitative estimate of drug-likeness (QED) is 0.194. The van der Waals surface area contributed by atoms with Crippen molar-refractivity contribution in [2.24, 2.45) is 5.92 Å². The molecule has 0 saturated carbocycles. The number of ether oxygens (including phenoxy) is 1. The van der Waals surface area contributed by atoms with Crippen LogP contribution in [-0.4, -0.2) is 36.0 Å². The fourth-order valence-electron chi connectivity index (χ4n) is 4.19. The van der Waals surface area contributed by atoms with Gasteiger partial charge in [0.1, 0.15) is 11.5 Å². The number of aromatic nitrogens is 1. The van der Waals surface area contributed by atoms with Gasteiger partial charge < -0.3 is 25.3 Å². The Morgan fingerprint density at radius 3 is 2.41 bits per heavy atom. The maximum absolute atomic E-state index is 13.5. The Bertz CT molecular complexity index is 1620. The second-order valence-electron chi connectivity index (χ2n) is 9.67. The van der Waals surface area contributed by atoms with Crippen LogP contribution in [0.3, 0.4) is 0 Å². The minimum Gasteiger partial charge on any atom is -0.383 e. The smallest absolute Gasteiger partial charge is 0.272 e. The van der Waals surface area contributed by atoms with E-state index in [1.165, 1.54) is 12.1 Å². The number of hydrogen-bond donors (Lipinski definition) is 3. The number of anilines is 2. The molecule has 0 radical (unpaired) electrons. The molecule has 0 spiro atoms. The number of halogens is 3. The van der Waals surface area contributed by atoms with Crippen molar-refractivity contribution in [2.45, 2.75) is 26.9 Å². The van der Waals surface area contributed by atoms with Gasteiger partial charge in [0.15, 0.2) is 0 Å². The average Bonchev–Trinajstić information content (AvgIpc) is 3.30. The van der Waals surface area contributed by atoms with Crippen LogP contribution in [-0.2, 0) is 22.6 Å². The zero-order valence-corrected chi connectivity index (χ0v) is 24.2. The largest absolute Gasteiger partial charge is 0.383 e. The van der Waals surface area contributed by atoms with Crippen molar-refractivity contribution in [3.8, 4) is 0 Å². The molecule has 214 valence electrons. The number of methoxy groups -OCH3 is 1. The Balaban J connectivity index is 1.58. The molecule has 4 aromatic rings. The normalized spacial score (nSPS) is 11.1. The molecule has 0 aliphatic heterocycles. The minimum absolute atomic E-state index is 0.0768. The van der Waals surface area contributed by atoms with Gasteiger partial charge in [-0.15, -0.1) is 0 Å². The fourth-order valence-corrected chi connectivity index (χ4v) is 4.60. The minimum atomic E-state index is -0.511. The number of hydrogen-bond acceptors (Lipinski definition) is 4. The standard InChI is InChI=1S/C30H29Cl2FN4O4/c1-17(2)28(38)34-16-18-4-7-23(31)22(12-18)29(39)35-21-6-9-26-19(13-21)14-27(37(26)10-11-41-3)30(40)36-25-8-5-20(33)15-24(25)32/h4-9,12-15,17H,10-11,16H2,1-3H3,(H,34,38)(H,35,39)(H,36,40). The van der Waals surface area contributed by atoms with Gasteiger partial charge in [-0.25, -0.2) is 4.39 Å². The molecule has 41 heavy (non-hydrogen) atoms. The number of rotatable bonds is 10. The maximum Gasteiger partial charge on any atom is 0.272 e. The van der Waals surface area contributed by atoms with E-state index in [4.69, 9.17) is 27.9 Å². The summed E-state index contributed by atoms with van der Waals surface area (Å²) in [5.41, 5.74) is 2.84. The first-order valence-corrected chi connectivity index (χ1v) is 13.6. The molecule has 1 heterocycles. The van der Waals surface area contributed by atoms with E-state index in [0.717, 1.165) is 17.1 Å². The summed E-state index contributed by atoms with van der Waals surface area (Å²) in [7, 11) is 1.57. The third kappa shape index (κ3) is 7.24. The molecule has 8 nitrogen and oxygen atoms in total.